The number of hydrogen-bond acceptors (Lipinski definition) is 8. The van der Waals surface area contributed by atoms with Crippen molar-refractivity contribution < 1.29 is 23.8 Å². The predicted molar refractivity (Wildman–Crippen MR) is 200 cm³/mol. The Hall–Kier alpha value is -5.94. The van der Waals surface area contributed by atoms with Crippen molar-refractivity contribution in [3.05, 3.63) is 144 Å². The van der Waals surface area contributed by atoms with Crippen molar-refractivity contribution in [2.45, 2.75) is 32.4 Å². The van der Waals surface area contributed by atoms with Crippen LogP contribution in [-0.4, -0.2) is 67.8 Å². The Kier molecular flexibility index (Phi) is 11.0. The number of fused-ring (bicyclic) bond motifs is 1. The fourth-order valence-electron chi connectivity index (χ4n) is 6.55. The van der Waals surface area contributed by atoms with Crippen LogP contribution in [0.2, 0.25) is 0 Å². The molecule has 268 valence electrons. The lowest BCUT2D eigenvalue weighted by Gasteiger charge is -2.29. The number of nitrogens with zero attached hydrogens (tertiary/aromatic N) is 3. The molecule has 1 aliphatic heterocycles. The van der Waals surface area contributed by atoms with E-state index in [1.165, 1.54) is 18.2 Å². The molecule has 11 nitrogen and oxygen atoms in total. The third-order valence-electron chi connectivity index (χ3n) is 9.51. The van der Waals surface area contributed by atoms with E-state index in [1.54, 1.807) is 62.6 Å². The Balaban J connectivity index is 1.19. The van der Waals surface area contributed by atoms with Gasteiger partial charge >= 0.3 is 5.97 Å². The number of esters is 1. The molecule has 3 aromatic carbocycles. The van der Waals surface area contributed by atoms with Crippen molar-refractivity contribution in [2.75, 3.05) is 46.4 Å². The lowest BCUT2D eigenvalue weighted by atomic mass is 9.98. The highest BCUT2D eigenvalue weighted by atomic mass is 16.5. The number of allylic oxidation sites excluding steroid dienone is 2. The molecule has 0 unspecified atom stereocenters. The number of aromatic nitrogens is 2. The number of benzene rings is 3. The van der Waals surface area contributed by atoms with Crippen LogP contribution in [0.5, 0.6) is 11.5 Å². The van der Waals surface area contributed by atoms with Gasteiger partial charge in [-0.2, -0.15) is 0 Å². The zero-order chi connectivity index (χ0) is 36.8. The van der Waals surface area contributed by atoms with Gasteiger partial charge in [-0.25, -0.2) is 0 Å². The molecule has 1 N–H and O–H groups in total. The van der Waals surface area contributed by atoms with E-state index in [-0.39, 0.29) is 16.6 Å². The second-order valence-corrected chi connectivity index (χ2v) is 12.8. The summed E-state index contributed by atoms with van der Waals surface area (Å²) in [5.41, 5.74) is 4.81. The summed E-state index contributed by atoms with van der Waals surface area (Å²) >= 11 is 0. The van der Waals surface area contributed by atoms with Gasteiger partial charge in [-0.3, -0.25) is 28.6 Å². The van der Waals surface area contributed by atoms with Crippen LogP contribution in [0.4, 0.5) is 5.69 Å². The standard InChI is InChI=1S/C41H42N4O7/c1-43(33-15-13-27(14-16-33)17-19-44-20-18-29-23-35(50-2)36(51-3)24-32(29)25-44)40(48)31-12-8-11-30(22-31)38-41(49)45(26-37(46)52-4)34(39(47)42-38)21-28-9-6-5-7-10-28/h5-10,12-16,21-24H,11,17-20,25-26H2,1-4H3,(H,42,47). The average molecular weight is 703 g/mol. The summed E-state index contributed by atoms with van der Waals surface area (Å²) in [7, 11) is 6.23. The third-order valence-corrected chi connectivity index (χ3v) is 9.51. The molecule has 0 radical (unpaired) electrons. The lowest BCUT2D eigenvalue weighted by Crippen LogP contribution is -2.54. The Bertz CT molecular complexity index is 2290. The van der Waals surface area contributed by atoms with Crippen molar-refractivity contribution in [2.24, 2.45) is 0 Å². The zero-order valence-electron chi connectivity index (χ0n) is 29.8. The van der Waals surface area contributed by atoms with Crippen molar-refractivity contribution in [1.82, 2.24) is 14.5 Å². The van der Waals surface area contributed by atoms with E-state index in [4.69, 9.17) is 14.2 Å². The number of amides is 1. The summed E-state index contributed by atoms with van der Waals surface area (Å²) < 4.78 is 16.9. The molecule has 1 aliphatic carbocycles. The average Bonchev–Trinajstić information content (AvgIpc) is 3.18. The Morgan fingerprint density at radius 3 is 2.35 bits per heavy atom. The van der Waals surface area contributed by atoms with Gasteiger partial charge in [-0.15, -0.1) is 0 Å². The van der Waals surface area contributed by atoms with Crippen LogP contribution in [0.3, 0.4) is 0 Å². The molecule has 2 aliphatic rings. The SMILES string of the molecule is COC(=O)Cn1c(=O)c(=C2C=C(C(=O)N(C)c3ccc(CCN4CCc5cc(OC)c(OC)cc5C4)cc3)C=CC2)[nH]c(=O)c1=Cc1ccccc1. The number of methoxy groups -OCH3 is 3. The summed E-state index contributed by atoms with van der Waals surface area (Å²) in [6, 6.07) is 21.1. The Morgan fingerprint density at radius 1 is 0.942 bits per heavy atom. The molecule has 1 amide bonds. The van der Waals surface area contributed by atoms with Crippen LogP contribution in [0.1, 0.15) is 28.7 Å². The minimum Gasteiger partial charge on any atom is -0.493 e. The highest BCUT2D eigenvalue weighted by Crippen LogP contribution is 2.33. The van der Waals surface area contributed by atoms with Crippen molar-refractivity contribution in [3.63, 3.8) is 0 Å². The van der Waals surface area contributed by atoms with Crippen LogP contribution in [-0.2, 0) is 40.3 Å². The number of hydrogen-bond donors (Lipinski definition) is 1. The molecule has 2 heterocycles. The number of rotatable bonds is 10. The molecule has 0 saturated carbocycles. The van der Waals surface area contributed by atoms with Gasteiger partial charge < -0.3 is 24.1 Å². The number of H-pyrrole nitrogens is 1. The van der Waals surface area contributed by atoms with E-state index < -0.39 is 23.6 Å². The smallest absolute Gasteiger partial charge is 0.325 e. The molecule has 0 fully saturated rings. The monoisotopic (exact) mass is 702 g/mol. The van der Waals surface area contributed by atoms with Crippen molar-refractivity contribution in [1.29, 1.82) is 0 Å². The van der Waals surface area contributed by atoms with E-state index in [1.807, 2.05) is 42.5 Å². The molecular formula is C41H42N4O7. The molecule has 1 aromatic heterocycles. The second-order valence-electron chi connectivity index (χ2n) is 12.8. The summed E-state index contributed by atoms with van der Waals surface area (Å²) in [4.78, 5) is 59.8. The topological polar surface area (TPSA) is 123 Å². The van der Waals surface area contributed by atoms with Crippen LogP contribution < -0.4 is 36.2 Å². The van der Waals surface area contributed by atoms with E-state index in [0.29, 0.717) is 23.1 Å². The normalized spacial score (nSPS) is 15.5. The first kappa shape index (κ1) is 35.9. The van der Waals surface area contributed by atoms with Gasteiger partial charge in [0, 0.05) is 37.9 Å². The number of likely N-dealkylation sites (N-methyl/N-ethyl adjacent to an activating group) is 1. The molecule has 52 heavy (non-hydrogen) atoms. The molecule has 4 aromatic rings. The number of anilines is 1. The molecule has 0 atom stereocenters. The first-order valence-electron chi connectivity index (χ1n) is 17.1. The van der Waals surface area contributed by atoms with Gasteiger partial charge in [-0.05, 0) is 83.5 Å². The molecule has 0 spiro atoms. The first-order valence-corrected chi connectivity index (χ1v) is 17.1. The van der Waals surface area contributed by atoms with E-state index in [2.05, 4.69) is 22.0 Å². The quantitative estimate of drug-likeness (QED) is 0.251. The molecule has 0 bridgehead atoms. The molecular weight excluding hydrogens is 660 g/mol. The maximum absolute atomic E-state index is 13.8. The number of nitrogens with one attached hydrogen (secondary N) is 1. The number of ether oxygens (including phenoxy) is 3. The number of carbonyl (C=O) groups is 2. The second kappa shape index (κ2) is 15.9. The predicted octanol–water partition coefficient (Wildman–Crippen LogP) is 2.86. The number of aromatic amines is 1. The van der Waals surface area contributed by atoms with Crippen LogP contribution in [0.15, 0.2) is 100 Å². The van der Waals surface area contributed by atoms with Gasteiger partial charge in [0.2, 0.25) is 0 Å². The van der Waals surface area contributed by atoms with Gasteiger partial charge in [0.25, 0.3) is 17.0 Å². The lowest BCUT2D eigenvalue weighted by molar-refractivity contribution is -0.141. The highest BCUT2D eigenvalue weighted by Gasteiger charge is 2.21. The van der Waals surface area contributed by atoms with Gasteiger partial charge in [0.15, 0.2) is 11.5 Å². The highest BCUT2D eigenvalue weighted by molar-refractivity contribution is 6.08. The van der Waals surface area contributed by atoms with Crippen molar-refractivity contribution >= 4 is 29.2 Å². The maximum Gasteiger partial charge on any atom is 0.325 e. The molecule has 0 saturated heterocycles. The Morgan fingerprint density at radius 2 is 1.65 bits per heavy atom. The van der Waals surface area contributed by atoms with E-state index in [0.717, 1.165) is 59.8 Å². The fourth-order valence-corrected chi connectivity index (χ4v) is 6.55. The number of carbonyl (C=O) groups excluding carboxylic acids is 2. The van der Waals surface area contributed by atoms with Crippen LogP contribution in [0.25, 0.3) is 11.6 Å². The minimum absolute atomic E-state index is 0.0110. The minimum atomic E-state index is -0.673. The maximum atomic E-state index is 13.8. The van der Waals surface area contributed by atoms with Gasteiger partial charge in [0.1, 0.15) is 17.2 Å². The Labute approximate surface area is 301 Å². The van der Waals surface area contributed by atoms with E-state index >= 15 is 0 Å². The van der Waals surface area contributed by atoms with Gasteiger partial charge in [0.05, 0.1) is 21.3 Å². The van der Waals surface area contributed by atoms with Crippen LogP contribution >= 0.6 is 0 Å². The first-order chi connectivity index (χ1) is 25.2. The fraction of sp³-hybridized carbons (Fsp3) is 0.268. The summed E-state index contributed by atoms with van der Waals surface area (Å²) in [5.74, 6) is 0.556. The van der Waals surface area contributed by atoms with Gasteiger partial charge in [-0.1, -0.05) is 54.6 Å². The molecule has 6 rings (SSSR count). The summed E-state index contributed by atoms with van der Waals surface area (Å²) in [6.45, 7) is 2.25. The summed E-state index contributed by atoms with van der Waals surface area (Å²) in [6.07, 6.45) is 8.77. The molecule has 11 heteroatoms. The third kappa shape index (κ3) is 7.84. The largest absolute Gasteiger partial charge is 0.493 e. The van der Waals surface area contributed by atoms with E-state index in [9.17, 15) is 19.2 Å². The van der Waals surface area contributed by atoms with Crippen LogP contribution in [0, 0.1) is 0 Å². The summed E-state index contributed by atoms with van der Waals surface area (Å²) in [5, 5.41) is 0.0283. The van der Waals surface area contributed by atoms with Crippen molar-refractivity contribution in [3.8, 4) is 11.5 Å². The zero-order valence-corrected chi connectivity index (χ0v) is 29.8.